The summed E-state index contributed by atoms with van der Waals surface area (Å²) in [6, 6.07) is 9.39. The molecule has 1 aromatic heterocycles. The second-order valence-electron chi connectivity index (χ2n) is 5.97. The summed E-state index contributed by atoms with van der Waals surface area (Å²) in [7, 11) is 0. The Bertz CT molecular complexity index is 598. The molecule has 1 saturated heterocycles. The fourth-order valence-electron chi connectivity index (χ4n) is 2.24. The van der Waals surface area contributed by atoms with Crippen molar-refractivity contribution in [3.05, 3.63) is 42.1 Å². The Hall–Kier alpha value is -1.94. The summed E-state index contributed by atoms with van der Waals surface area (Å²) in [5.41, 5.74) is 1.60. The summed E-state index contributed by atoms with van der Waals surface area (Å²) in [6.45, 7) is 7.35. The average Bonchev–Trinajstić information content (AvgIpc) is 3.11. The fourth-order valence-corrected chi connectivity index (χ4v) is 2.24. The van der Waals surface area contributed by atoms with Crippen molar-refractivity contribution >= 4 is 16.8 Å². The molecule has 1 aliphatic rings. The van der Waals surface area contributed by atoms with Gasteiger partial charge in [-0.15, -0.1) is 0 Å². The van der Waals surface area contributed by atoms with Crippen LogP contribution in [0.15, 0.2) is 36.5 Å². The van der Waals surface area contributed by atoms with Crippen molar-refractivity contribution in [1.82, 2.24) is 15.6 Å². The van der Waals surface area contributed by atoms with Crippen LogP contribution in [0.4, 0.5) is 0 Å². The first-order valence-electron chi connectivity index (χ1n) is 8.00. The van der Waals surface area contributed by atoms with E-state index in [0.717, 1.165) is 10.9 Å². The van der Waals surface area contributed by atoms with Crippen LogP contribution in [0.3, 0.4) is 0 Å². The average molecular weight is 299 g/mol. The van der Waals surface area contributed by atoms with Crippen LogP contribution in [0.25, 0.3) is 10.9 Å². The van der Waals surface area contributed by atoms with Crippen molar-refractivity contribution in [3.63, 3.8) is 0 Å². The van der Waals surface area contributed by atoms with Gasteiger partial charge in [0.25, 0.3) is 5.91 Å². The number of rotatable bonds is 3. The lowest BCUT2D eigenvalue weighted by Crippen LogP contribution is -2.27. The third-order valence-corrected chi connectivity index (χ3v) is 3.49. The maximum atomic E-state index is 11.9. The lowest BCUT2D eigenvalue weighted by Gasteiger charge is -2.08. The van der Waals surface area contributed by atoms with Gasteiger partial charge in [0.2, 0.25) is 0 Å². The van der Waals surface area contributed by atoms with Crippen LogP contribution in [0, 0.1) is 5.92 Å². The van der Waals surface area contributed by atoms with Gasteiger partial charge in [-0.25, -0.2) is 0 Å². The zero-order valence-electron chi connectivity index (χ0n) is 13.4. The van der Waals surface area contributed by atoms with E-state index in [-0.39, 0.29) is 5.91 Å². The fraction of sp³-hybridized carbons (Fsp3) is 0.444. The number of pyridine rings is 1. The normalized spacial score (nSPS) is 13.8. The number of fused-ring (bicyclic) bond motifs is 1. The maximum Gasteiger partial charge on any atom is 0.251 e. The molecule has 3 rings (SSSR count). The summed E-state index contributed by atoms with van der Waals surface area (Å²) in [5, 5.41) is 7.12. The Labute approximate surface area is 132 Å². The molecule has 0 atom stereocenters. The van der Waals surface area contributed by atoms with Crippen molar-refractivity contribution in [1.29, 1.82) is 0 Å². The molecule has 2 heterocycles. The van der Waals surface area contributed by atoms with Crippen LogP contribution in [-0.2, 0) is 0 Å². The first kappa shape index (κ1) is 16.4. The smallest absolute Gasteiger partial charge is 0.251 e. The molecule has 0 bridgehead atoms. The monoisotopic (exact) mass is 299 g/mol. The number of nitrogens with one attached hydrogen (secondary N) is 2. The molecular formula is C18H25N3O. The van der Waals surface area contributed by atoms with Crippen LogP contribution in [0.2, 0.25) is 0 Å². The molecule has 1 aromatic carbocycles. The minimum absolute atomic E-state index is 0.0237. The van der Waals surface area contributed by atoms with E-state index < -0.39 is 0 Å². The van der Waals surface area contributed by atoms with Crippen molar-refractivity contribution in [3.8, 4) is 0 Å². The summed E-state index contributed by atoms with van der Waals surface area (Å²) in [4.78, 5) is 16.1. The molecule has 0 radical (unpaired) electrons. The van der Waals surface area contributed by atoms with Crippen LogP contribution in [0.5, 0.6) is 0 Å². The van der Waals surface area contributed by atoms with E-state index in [9.17, 15) is 4.79 Å². The molecule has 1 fully saturated rings. The molecule has 0 saturated carbocycles. The molecule has 2 aromatic rings. The number of hydrogen-bond donors (Lipinski definition) is 2. The van der Waals surface area contributed by atoms with Gasteiger partial charge in [-0.2, -0.15) is 0 Å². The minimum Gasteiger partial charge on any atom is -0.352 e. The molecule has 2 N–H and O–H groups in total. The van der Waals surface area contributed by atoms with E-state index in [2.05, 4.69) is 29.5 Å². The summed E-state index contributed by atoms with van der Waals surface area (Å²) >= 11 is 0. The molecule has 22 heavy (non-hydrogen) atoms. The largest absolute Gasteiger partial charge is 0.352 e. The highest BCUT2D eigenvalue weighted by Gasteiger charge is 2.06. The van der Waals surface area contributed by atoms with Gasteiger partial charge in [0.05, 0.1) is 5.52 Å². The number of benzene rings is 1. The Morgan fingerprint density at radius 2 is 2.05 bits per heavy atom. The van der Waals surface area contributed by atoms with E-state index >= 15 is 0 Å². The predicted molar refractivity (Wildman–Crippen MR) is 91.0 cm³/mol. The van der Waals surface area contributed by atoms with Crippen molar-refractivity contribution < 1.29 is 4.79 Å². The second kappa shape index (κ2) is 8.49. The Kier molecular flexibility index (Phi) is 6.34. The number of aromatic nitrogens is 1. The first-order chi connectivity index (χ1) is 10.7. The quantitative estimate of drug-likeness (QED) is 0.916. The molecule has 1 amide bonds. The lowest BCUT2D eigenvalue weighted by atomic mass is 10.1. The molecule has 0 spiro atoms. The van der Waals surface area contributed by atoms with Crippen molar-refractivity contribution in [2.75, 3.05) is 19.6 Å². The molecular weight excluding hydrogens is 274 g/mol. The number of nitrogens with zero attached hydrogens (tertiary/aromatic N) is 1. The number of hydrogen-bond acceptors (Lipinski definition) is 3. The number of amides is 1. The summed E-state index contributed by atoms with van der Waals surface area (Å²) in [5.74, 6) is 0.436. The highest BCUT2D eigenvalue weighted by Crippen LogP contribution is 2.13. The third kappa shape index (κ3) is 5.11. The van der Waals surface area contributed by atoms with Gasteiger partial charge in [0, 0.05) is 23.7 Å². The van der Waals surface area contributed by atoms with E-state index in [1.165, 1.54) is 25.9 Å². The van der Waals surface area contributed by atoms with Gasteiger partial charge in [0.15, 0.2) is 0 Å². The second-order valence-corrected chi connectivity index (χ2v) is 5.97. The molecule has 0 unspecified atom stereocenters. The van der Waals surface area contributed by atoms with E-state index in [1.54, 1.807) is 6.20 Å². The lowest BCUT2D eigenvalue weighted by molar-refractivity contribution is 0.0949. The van der Waals surface area contributed by atoms with E-state index in [0.29, 0.717) is 18.0 Å². The van der Waals surface area contributed by atoms with Crippen LogP contribution < -0.4 is 10.6 Å². The predicted octanol–water partition coefficient (Wildman–Crippen LogP) is 2.99. The number of carbonyl (C=O) groups is 1. The summed E-state index contributed by atoms with van der Waals surface area (Å²) < 4.78 is 0. The van der Waals surface area contributed by atoms with E-state index in [1.807, 2.05) is 30.3 Å². The van der Waals surface area contributed by atoms with Gasteiger partial charge in [-0.3, -0.25) is 9.78 Å². The SMILES string of the molecule is C1CCNC1.CC(C)CNC(=O)c1ccc2ncccc2c1. The highest BCUT2D eigenvalue weighted by atomic mass is 16.1. The zero-order valence-corrected chi connectivity index (χ0v) is 13.4. The number of carbonyl (C=O) groups excluding carboxylic acids is 1. The molecule has 1 aliphatic heterocycles. The van der Waals surface area contributed by atoms with Gasteiger partial charge < -0.3 is 10.6 Å². The van der Waals surface area contributed by atoms with Crippen LogP contribution in [-0.4, -0.2) is 30.5 Å². The topological polar surface area (TPSA) is 54.0 Å². The highest BCUT2D eigenvalue weighted by molar-refractivity contribution is 5.97. The first-order valence-corrected chi connectivity index (χ1v) is 8.00. The maximum absolute atomic E-state index is 11.9. The standard InChI is InChI=1S/C14H16N2O.C4H9N/c1-10(2)9-16-14(17)12-5-6-13-11(8-12)4-3-7-15-13;1-2-4-5-3-1/h3-8,10H,9H2,1-2H3,(H,16,17);5H,1-4H2. The van der Waals surface area contributed by atoms with Crippen LogP contribution >= 0.6 is 0 Å². The molecule has 4 nitrogen and oxygen atoms in total. The Morgan fingerprint density at radius 1 is 1.27 bits per heavy atom. The third-order valence-electron chi connectivity index (χ3n) is 3.49. The van der Waals surface area contributed by atoms with Gasteiger partial charge in [-0.1, -0.05) is 19.9 Å². The van der Waals surface area contributed by atoms with Crippen molar-refractivity contribution in [2.24, 2.45) is 5.92 Å². The molecule has 0 aliphatic carbocycles. The molecule has 4 heteroatoms. The minimum atomic E-state index is -0.0237. The summed E-state index contributed by atoms with van der Waals surface area (Å²) in [6.07, 6.45) is 4.53. The van der Waals surface area contributed by atoms with Crippen LogP contribution in [0.1, 0.15) is 37.0 Å². The van der Waals surface area contributed by atoms with Crippen molar-refractivity contribution in [2.45, 2.75) is 26.7 Å². The molecule has 118 valence electrons. The van der Waals surface area contributed by atoms with E-state index in [4.69, 9.17) is 0 Å². The zero-order chi connectivity index (χ0) is 15.8. The van der Waals surface area contributed by atoms with Gasteiger partial charge >= 0.3 is 0 Å². The van der Waals surface area contributed by atoms with Gasteiger partial charge in [0.1, 0.15) is 0 Å². The Balaban J connectivity index is 0.000000299. The van der Waals surface area contributed by atoms with Gasteiger partial charge in [-0.05, 0) is 56.1 Å². The Morgan fingerprint density at radius 3 is 2.68 bits per heavy atom.